The summed E-state index contributed by atoms with van der Waals surface area (Å²) in [6.45, 7) is 6.96. The number of hydrogen-bond acceptors (Lipinski definition) is 1. The average Bonchev–Trinajstić information content (AvgIpc) is 2.10. The highest BCUT2D eigenvalue weighted by Crippen LogP contribution is 2.20. The fraction of sp³-hybridized carbons (Fsp3) is 0.909. The van der Waals surface area contributed by atoms with Crippen LogP contribution < -0.4 is 5.73 Å². The minimum atomic E-state index is -1.12. The molecule has 0 aliphatic carbocycles. The maximum atomic E-state index is 10.7. The molecule has 0 aromatic rings. The van der Waals surface area contributed by atoms with E-state index in [0.29, 0.717) is 6.42 Å². The molecule has 2 N–H and O–H groups in total. The Labute approximate surface area is 89.3 Å². The van der Waals surface area contributed by atoms with E-state index in [1.807, 2.05) is 0 Å². The van der Waals surface area contributed by atoms with Gasteiger partial charge in [-0.25, -0.2) is 0 Å². The summed E-state index contributed by atoms with van der Waals surface area (Å²) < 4.78 is 0. The first-order chi connectivity index (χ1) is 6.48. The first kappa shape index (κ1) is 13.7. The van der Waals surface area contributed by atoms with Crippen LogP contribution in [0, 0.1) is 0 Å². The molecule has 0 spiro atoms. The first-order valence-corrected chi connectivity index (χ1v) is 9.17. The van der Waals surface area contributed by atoms with Crippen LogP contribution in [0.2, 0.25) is 25.2 Å². The van der Waals surface area contributed by atoms with Crippen LogP contribution in [0.15, 0.2) is 0 Å². The molecule has 3 heteroatoms. The predicted molar refractivity (Wildman–Crippen MR) is 65.0 cm³/mol. The summed E-state index contributed by atoms with van der Waals surface area (Å²) in [4.78, 5) is 10.7. The maximum absolute atomic E-state index is 10.7. The fourth-order valence-electron chi connectivity index (χ4n) is 1.62. The molecule has 0 fully saturated rings. The van der Waals surface area contributed by atoms with Crippen molar-refractivity contribution in [3.8, 4) is 0 Å². The van der Waals surface area contributed by atoms with Gasteiger partial charge in [0.05, 0.1) is 0 Å². The second kappa shape index (κ2) is 7.04. The molecule has 0 bridgehead atoms. The van der Waals surface area contributed by atoms with Gasteiger partial charge in [-0.3, -0.25) is 4.79 Å². The highest BCUT2D eigenvalue weighted by molar-refractivity contribution is 6.77. The van der Waals surface area contributed by atoms with Gasteiger partial charge in [-0.1, -0.05) is 51.7 Å². The number of unbranched alkanes of at least 4 members (excludes halogenated alkanes) is 3. The number of hydrogen-bond donors (Lipinski definition) is 1. The van der Waals surface area contributed by atoms with Crippen LogP contribution in [0.5, 0.6) is 0 Å². The number of carbonyl (C=O) groups is 1. The molecule has 0 aromatic carbocycles. The molecular weight excluding hydrogens is 190 g/mol. The van der Waals surface area contributed by atoms with Gasteiger partial charge in [-0.2, -0.15) is 0 Å². The van der Waals surface area contributed by atoms with Gasteiger partial charge in [0.2, 0.25) is 5.91 Å². The van der Waals surface area contributed by atoms with Gasteiger partial charge in [0.15, 0.2) is 0 Å². The molecule has 0 heterocycles. The van der Waals surface area contributed by atoms with Crippen LogP contribution in [0.3, 0.4) is 0 Å². The molecule has 0 saturated heterocycles. The smallest absolute Gasteiger partial charge is 0.217 e. The van der Waals surface area contributed by atoms with Crippen molar-refractivity contribution >= 4 is 14.0 Å². The van der Waals surface area contributed by atoms with Gasteiger partial charge >= 0.3 is 0 Å². The number of nitrogens with two attached hydrogens (primary N) is 1. The van der Waals surface area contributed by atoms with Crippen molar-refractivity contribution in [2.24, 2.45) is 5.73 Å². The molecule has 0 unspecified atom stereocenters. The Morgan fingerprint density at radius 2 is 1.79 bits per heavy atom. The minimum Gasteiger partial charge on any atom is -0.370 e. The highest BCUT2D eigenvalue weighted by Gasteiger charge is 2.20. The van der Waals surface area contributed by atoms with Crippen LogP contribution in [0.4, 0.5) is 0 Å². The molecule has 84 valence electrons. The van der Waals surface area contributed by atoms with E-state index in [0.717, 1.165) is 6.04 Å². The molecule has 0 aromatic heterocycles. The molecule has 2 nitrogen and oxygen atoms in total. The Morgan fingerprint density at radius 1 is 1.14 bits per heavy atom. The van der Waals surface area contributed by atoms with Gasteiger partial charge in [-0.15, -0.1) is 0 Å². The summed E-state index contributed by atoms with van der Waals surface area (Å²) in [5, 5.41) is 0. The van der Waals surface area contributed by atoms with E-state index in [1.54, 1.807) is 0 Å². The van der Waals surface area contributed by atoms with E-state index in [9.17, 15) is 4.79 Å². The Balaban J connectivity index is 3.55. The van der Waals surface area contributed by atoms with E-state index in [1.165, 1.54) is 31.7 Å². The second-order valence-corrected chi connectivity index (χ2v) is 10.3. The summed E-state index contributed by atoms with van der Waals surface area (Å²) in [7, 11) is -1.12. The van der Waals surface area contributed by atoms with Gasteiger partial charge in [0, 0.05) is 14.5 Å². The van der Waals surface area contributed by atoms with Gasteiger partial charge in [-0.05, 0) is 6.04 Å². The zero-order chi connectivity index (χ0) is 11.0. The molecule has 1 amide bonds. The lowest BCUT2D eigenvalue weighted by Crippen LogP contribution is -2.27. The second-order valence-electron chi connectivity index (χ2n) is 4.94. The molecular formula is C11H25NOSi. The van der Waals surface area contributed by atoms with Crippen molar-refractivity contribution in [2.75, 3.05) is 0 Å². The number of primary amides is 1. The molecule has 14 heavy (non-hydrogen) atoms. The highest BCUT2D eigenvalue weighted by atomic mass is 28.3. The summed E-state index contributed by atoms with van der Waals surface area (Å²) in [5.41, 5.74) is 5.16. The van der Waals surface area contributed by atoms with Crippen molar-refractivity contribution in [3.63, 3.8) is 0 Å². The van der Waals surface area contributed by atoms with Gasteiger partial charge < -0.3 is 5.73 Å². The van der Waals surface area contributed by atoms with Crippen LogP contribution in [-0.4, -0.2) is 14.0 Å². The Morgan fingerprint density at radius 3 is 2.29 bits per heavy atom. The van der Waals surface area contributed by atoms with E-state index >= 15 is 0 Å². The lowest BCUT2D eigenvalue weighted by molar-refractivity contribution is -0.117. The lowest BCUT2D eigenvalue weighted by atomic mass is 10.2. The maximum Gasteiger partial charge on any atom is 0.217 e. The van der Waals surface area contributed by atoms with E-state index in [2.05, 4.69) is 20.0 Å². The SMILES string of the molecule is CCCCCC[Si](C)(C)CCC(N)=O. The molecule has 0 radical (unpaired) electrons. The monoisotopic (exact) mass is 215 g/mol. The molecule has 0 aliphatic heterocycles. The third-order valence-electron chi connectivity index (χ3n) is 2.76. The van der Waals surface area contributed by atoms with Gasteiger partial charge in [0.1, 0.15) is 0 Å². The number of amides is 1. The first-order valence-electron chi connectivity index (χ1n) is 5.76. The summed E-state index contributed by atoms with van der Waals surface area (Å²) >= 11 is 0. The third kappa shape index (κ3) is 8.29. The van der Waals surface area contributed by atoms with E-state index < -0.39 is 8.07 Å². The Hall–Kier alpha value is -0.313. The largest absolute Gasteiger partial charge is 0.370 e. The number of carbonyl (C=O) groups excluding carboxylic acids is 1. The van der Waals surface area contributed by atoms with E-state index in [4.69, 9.17) is 5.73 Å². The average molecular weight is 215 g/mol. The van der Waals surface area contributed by atoms with Crippen LogP contribution in [0.25, 0.3) is 0 Å². The fourth-order valence-corrected chi connectivity index (χ4v) is 4.00. The lowest BCUT2D eigenvalue weighted by Gasteiger charge is -2.21. The van der Waals surface area contributed by atoms with Crippen LogP contribution in [-0.2, 0) is 4.79 Å². The summed E-state index contributed by atoms with van der Waals surface area (Å²) in [6, 6.07) is 2.41. The van der Waals surface area contributed by atoms with Crippen molar-refractivity contribution < 1.29 is 4.79 Å². The van der Waals surface area contributed by atoms with Crippen molar-refractivity contribution in [3.05, 3.63) is 0 Å². The zero-order valence-electron chi connectivity index (χ0n) is 9.94. The predicted octanol–water partition coefficient (Wildman–Crippen LogP) is 3.15. The zero-order valence-corrected chi connectivity index (χ0v) is 10.9. The Bertz CT molecular complexity index is 169. The van der Waals surface area contributed by atoms with Crippen LogP contribution in [0.1, 0.15) is 39.0 Å². The molecule has 0 rings (SSSR count). The Kier molecular flexibility index (Phi) is 6.88. The van der Waals surface area contributed by atoms with Crippen molar-refractivity contribution in [1.82, 2.24) is 0 Å². The molecule has 0 atom stereocenters. The summed E-state index contributed by atoms with van der Waals surface area (Å²) in [5.74, 6) is -0.140. The van der Waals surface area contributed by atoms with Crippen molar-refractivity contribution in [2.45, 2.75) is 64.2 Å². The normalized spacial score (nSPS) is 11.6. The number of rotatable bonds is 8. The quantitative estimate of drug-likeness (QED) is 0.490. The third-order valence-corrected chi connectivity index (χ3v) is 6.07. The topological polar surface area (TPSA) is 43.1 Å². The van der Waals surface area contributed by atoms with Gasteiger partial charge in [0.25, 0.3) is 0 Å². The standard InChI is InChI=1S/C11H25NOSi/c1-4-5-6-7-9-14(2,3)10-8-11(12)13/h4-10H2,1-3H3,(H2,12,13). The van der Waals surface area contributed by atoms with E-state index in [-0.39, 0.29) is 5.91 Å². The van der Waals surface area contributed by atoms with Crippen molar-refractivity contribution in [1.29, 1.82) is 0 Å². The summed E-state index contributed by atoms with van der Waals surface area (Å²) in [6.07, 6.45) is 5.92. The molecule has 0 saturated carbocycles. The van der Waals surface area contributed by atoms with Crippen LogP contribution >= 0.6 is 0 Å². The molecule has 0 aliphatic rings. The minimum absolute atomic E-state index is 0.140.